The zero-order chi connectivity index (χ0) is 13.9. The van der Waals surface area contributed by atoms with Crippen molar-refractivity contribution in [2.24, 2.45) is 0 Å². The molecule has 0 bridgehead atoms. The van der Waals surface area contributed by atoms with Crippen molar-refractivity contribution in [1.82, 2.24) is 10.3 Å². The molecule has 1 aromatic heterocycles. The Balaban J connectivity index is 2.42. The molecule has 0 aliphatic carbocycles. The van der Waals surface area contributed by atoms with Gasteiger partial charge in [0.05, 0.1) is 0 Å². The topological polar surface area (TPSA) is 54.1 Å². The van der Waals surface area contributed by atoms with Crippen LogP contribution in [0.25, 0.3) is 0 Å². The number of nitrogens with one attached hydrogen (secondary N) is 2. The van der Waals surface area contributed by atoms with Gasteiger partial charge in [0.25, 0.3) is 0 Å². The molecule has 0 unspecified atom stereocenters. The van der Waals surface area contributed by atoms with E-state index in [2.05, 4.69) is 31.1 Å². The minimum absolute atomic E-state index is 0.361. The van der Waals surface area contributed by atoms with Gasteiger partial charge < -0.3 is 15.0 Å². The van der Waals surface area contributed by atoms with Crippen LogP contribution in [-0.4, -0.2) is 23.2 Å². The average Bonchev–Trinajstić information content (AvgIpc) is 2.44. The van der Waals surface area contributed by atoms with E-state index >= 15 is 0 Å². The number of carbonyl (C=O) groups excluding carboxylic acids is 1. The Kier molecular flexibility index (Phi) is 4.43. The molecule has 0 aliphatic rings. The molecule has 4 heteroatoms. The summed E-state index contributed by atoms with van der Waals surface area (Å²) in [5.41, 5.74) is 4.50. The van der Waals surface area contributed by atoms with Gasteiger partial charge in [0.2, 0.25) is 0 Å². The molecule has 2 N–H and O–H groups in total. The molecule has 1 aromatic rings. The third-order valence-electron chi connectivity index (χ3n) is 2.96. The Morgan fingerprint density at radius 2 is 1.83 bits per heavy atom. The molecular weight excluding hydrogens is 228 g/mol. The molecule has 0 fully saturated rings. The van der Waals surface area contributed by atoms with Gasteiger partial charge in [0.15, 0.2) is 0 Å². The van der Waals surface area contributed by atoms with Gasteiger partial charge in [-0.05, 0) is 52.7 Å². The zero-order valence-corrected chi connectivity index (χ0v) is 12.2. The van der Waals surface area contributed by atoms with Crippen LogP contribution in [0.1, 0.15) is 43.3 Å². The lowest BCUT2D eigenvalue weighted by atomic mass is 10.1. The van der Waals surface area contributed by atoms with E-state index < -0.39 is 5.60 Å². The molecule has 0 saturated carbocycles. The Hall–Kier alpha value is -1.45. The maximum Gasteiger partial charge on any atom is 0.407 e. The summed E-state index contributed by atoms with van der Waals surface area (Å²) in [6.45, 7) is 12.4. The minimum atomic E-state index is -0.445. The number of aromatic nitrogens is 1. The first-order chi connectivity index (χ1) is 8.20. The van der Waals surface area contributed by atoms with Crippen molar-refractivity contribution in [2.75, 3.05) is 6.54 Å². The fourth-order valence-electron chi connectivity index (χ4n) is 1.78. The molecule has 4 nitrogen and oxygen atoms in total. The summed E-state index contributed by atoms with van der Waals surface area (Å²) in [5.74, 6) is 0. The van der Waals surface area contributed by atoms with Gasteiger partial charge in [-0.1, -0.05) is 0 Å². The summed E-state index contributed by atoms with van der Waals surface area (Å²) >= 11 is 0. The van der Waals surface area contributed by atoms with Crippen molar-refractivity contribution >= 4 is 6.09 Å². The first-order valence-corrected chi connectivity index (χ1v) is 6.32. The Labute approximate surface area is 109 Å². The van der Waals surface area contributed by atoms with Gasteiger partial charge >= 0.3 is 6.09 Å². The normalized spacial score (nSPS) is 11.4. The number of amides is 1. The summed E-state index contributed by atoms with van der Waals surface area (Å²) < 4.78 is 5.17. The second-order valence-electron chi connectivity index (χ2n) is 5.66. The van der Waals surface area contributed by atoms with Crippen LogP contribution in [0.5, 0.6) is 0 Å². The quantitative estimate of drug-likeness (QED) is 0.868. The van der Waals surface area contributed by atoms with Crippen molar-refractivity contribution in [3.05, 3.63) is 22.5 Å². The molecule has 1 heterocycles. The van der Waals surface area contributed by atoms with E-state index in [1.165, 1.54) is 22.5 Å². The van der Waals surface area contributed by atoms with E-state index in [1.54, 1.807) is 0 Å². The molecule has 0 aliphatic heterocycles. The summed E-state index contributed by atoms with van der Waals surface area (Å²) in [6.07, 6.45) is 0.430. The molecule has 0 radical (unpaired) electrons. The predicted molar refractivity (Wildman–Crippen MR) is 72.9 cm³/mol. The second-order valence-corrected chi connectivity index (χ2v) is 5.66. The Morgan fingerprint density at radius 3 is 2.28 bits per heavy atom. The maximum atomic E-state index is 11.5. The fourth-order valence-corrected chi connectivity index (χ4v) is 1.78. The third-order valence-corrected chi connectivity index (χ3v) is 2.96. The number of alkyl carbamates (subject to hydrolysis) is 1. The van der Waals surface area contributed by atoms with Gasteiger partial charge in [0.1, 0.15) is 5.60 Å². The minimum Gasteiger partial charge on any atom is -0.444 e. The first kappa shape index (κ1) is 14.6. The van der Waals surface area contributed by atoms with Crippen molar-refractivity contribution in [3.8, 4) is 0 Å². The van der Waals surface area contributed by atoms with Crippen LogP contribution in [0.15, 0.2) is 0 Å². The standard InChI is InChI=1S/C14H24N2O2/c1-9-10(2)12(16-11(9)3)7-8-15-13(17)18-14(4,5)6/h16H,7-8H2,1-6H3,(H,15,17). The highest BCUT2D eigenvalue weighted by molar-refractivity contribution is 5.67. The highest BCUT2D eigenvalue weighted by atomic mass is 16.6. The third kappa shape index (κ3) is 4.09. The average molecular weight is 252 g/mol. The van der Waals surface area contributed by atoms with Crippen molar-refractivity contribution in [1.29, 1.82) is 0 Å². The summed E-state index contributed by atoms with van der Waals surface area (Å²) in [5, 5.41) is 2.76. The molecule has 1 amide bonds. The number of hydrogen-bond acceptors (Lipinski definition) is 2. The predicted octanol–water partition coefficient (Wildman–Crippen LogP) is 3.01. The van der Waals surface area contributed by atoms with Crippen LogP contribution in [0.3, 0.4) is 0 Å². The zero-order valence-electron chi connectivity index (χ0n) is 12.2. The van der Waals surface area contributed by atoms with Crippen LogP contribution in [0.4, 0.5) is 4.79 Å². The van der Waals surface area contributed by atoms with Gasteiger partial charge in [-0.25, -0.2) is 4.79 Å². The van der Waals surface area contributed by atoms with Gasteiger partial charge in [-0.2, -0.15) is 0 Å². The fraction of sp³-hybridized carbons (Fsp3) is 0.643. The van der Waals surface area contributed by atoms with E-state index in [4.69, 9.17) is 4.74 Å². The Morgan fingerprint density at radius 1 is 1.22 bits per heavy atom. The molecule has 102 valence electrons. The van der Waals surface area contributed by atoms with E-state index in [9.17, 15) is 4.79 Å². The summed E-state index contributed by atoms with van der Waals surface area (Å²) in [6, 6.07) is 0. The van der Waals surface area contributed by atoms with Gasteiger partial charge in [-0.3, -0.25) is 0 Å². The number of carbonyl (C=O) groups is 1. The molecule has 0 spiro atoms. The number of aromatic amines is 1. The SMILES string of the molecule is Cc1[nH]c(CCNC(=O)OC(C)(C)C)c(C)c1C. The molecular formula is C14H24N2O2. The summed E-state index contributed by atoms with van der Waals surface area (Å²) in [4.78, 5) is 14.8. The lowest BCUT2D eigenvalue weighted by molar-refractivity contribution is 0.0528. The van der Waals surface area contributed by atoms with E-state index in [0.717, 1.165) is 6.42 Å². The molecule has 18 heavy (non-hydrogen) atoms. The molecule has 0 aromatic carbocycles. The van der Waals surface area contributed by atoms with E-state index in [-0.39, 0.29) is 6.09 Å². The van der Waals surface area contributed by atoms with Crippen LogP contribution in [0.2, 0.25) is 0 Å². The largest absolute Gasteiger partial charge is 0.444 e. The van der Waals surface area contributed by atoms with Gasteiger partial charge in [0, 0.05) is 24.4 Å². The Bertz CT molecular complexity index is 428. The van der Waals surface area contributed by atoms with E-state index in [0.29, 0.717) is 6.54 Å². The number of ether oxygens (including phenoxy) is 1. The van der Waals surface area contributed by atoms with Crippen molar-refractivity contribution in [2.45, 2.75) is 53.6 Å². The monoisotopic (exact) mass is 252 g/mol. The van der Waals surface area contributed by atoms with E-state index in [1.807, 2.05) is 20.8 Å². The molecule has 0 saturated heterocycles. The number of H-pyrrole nitrogens is 1. The van der Waals surface area contributed by atoms with Crippen LogP contribution in [0, 0.1) is 20.8 Å². The maximum absolute atomic E-state index is 11.5. The lowest BCUT2D eigenvalue weighted by Crippen LogP contribution is -2.33. The number of hydrogen-bond donors (Lipinski definition) is 2. The second kappa shape index (κ2) is 5.46. The molecule has 0 atom stereocenters. The summed E-state index contributed by atoms with van der Waals surface area (Å²) in [7, 11) is 0. The first-order valence-electron chi connectivity index (χ1n) is 6.32. The number of rotatable bonds is 3. The molecule has 1 rings (SSSR count). The van der Waals surface area contributed by atoms with Crippen LogP contribution >= 0.6 is 0 Å². The van der Waals surface area contributed by atoms with Gasteiger partial charge in [-0.15, -0.1) is 0 Å². The van der Waals surface area contributed by atoms with Crippen molar-refractivity contribution in [3.63, 3.8) is 0 Å². The highest BCUT2D eigenvalue weighted by Crippen LogP contribution is 2.16. The van der Waals surface area contributed by atoms with Crippen molar-refractivity contribution < 1.29 is 9.53 Å². The van der Waals surface area contributed by atoms with Crippen LogP contribution in [-0.2, 0) is 11.2 Å². The lowest BCUT2D eigenvalue weighted by Gasteiger charge is -2.19. The highest BCUT2D eigenvalue weighted by Gasteiger charge is 2.15. The number of aryl methyl sites for hydroxylation is 1. The smallest absolute Gasteiger partial charge is 0.407 e. The van der Waals surface area contributed by atoms with Crippen LogP contribution < -0.4 is 5.32 Å².